The molecule has 0 aliphatic rings. The van der Waals surface area contributed by atoms with E-state index in [0.717, 1.165) is 11.1 Å². The molecular weight excluding hydrogens is 179 g/mol. The summed E-state index contributed by atoms with van der Waals surface area (Å²) in [7, 11) is 1.83. The van der Waals surface area contributed by atoms with Crippen LogP contribution in [-0.4, -0.2) is 9.55 Å². The van der Waals surface area contributed by atoms with Crippen molar-refractivity contribution in [3.05, 3.63) is 29.8 Å². The molecule has 2 nitrogen and oxygen atoms in total. The van der Waals surface area contributed by atoms with Crippen LogP contribution >= 0.6 is 0 Å². The van der Waals surface area contributed by atoms with Crippen molar-refractivity contribution in [3.63, 3.8) is 0 Å². The molecule has 0 radical (unpaired) electrons. The van der Waals surface area contributed by atoms with Crippen LogP contribution in [0, 0.1) is 5.82 Å². The van der Waals surface area contributed by atoms with E-state index >= 15 is 0 Å². The molecule has 0 aromatic carbocycles. The zero-order valence-electron chi connectivity index (χ0n) is 8.58. The maximum Gasteiger partial charge on any atom is 0.167 e. The van der Waals surface area contributed by atoms with E-state index in [-0.39, 0.29) is 5.82 Å². The van der Waals surface area contributed by atoms with Gasteiger partial charge < -0.3 is 4.57 Å². The number of pyridine rings is 1. The van der Waals surface area contributed by atoms with Gasteiger partial charge in [-0.25, -0.2) is 4.39 Å². The minimum Gasteiger partial charge on any atom is -0.346 e. The molecule has 0 bridgehead atoms. The third-order valence-corrected chi connectivity index (χ3v) is 2.47. The Morgan fingerprint density at radius 1 is 1.43 bits per heavy atom. The lowest BCUT2D eigenvalue weighted by Gasteiger charge is -2.04. The normalized spacial score (nSPS) is 11.5. The Bertz CT molecular complexity index is 471. The molecule has 0 amide bonds. The molecule has 0 saturated carbocycles. The number of aromatic nitrogens is 2. The summed E-state index contributed by atoms with van der Waals surface area (Å²) in [6.07, 6.45) is 3.21. The van der Waals surface area contributed by atoms with Crippen molar-refractivity contribution in [3.8, 4) is 0 Å². The molecule has 2 heterocycles. The third-order valence-electron chi connectivity index (χ3n) is 2.47. The fourth-order valence-corrected chi connectivity index (χ4v) is 1.54. The van der Waals surface area contributed by atoms with E-state index < -0.39 is 0 Å². The van der Waals surface area contributed by atoms with E-state index in [4.69, 9.17) is 0 Å². The minimum absolute atomic E-state index is 0.252. The lowest BCUT2D eigenvalue weighted by Crippen LogP contribution is -1.91. The third kappa shape index (κ3) is 1.29. The van der Waals surface area contributed by atoms with Gasteiger partial charge in [-0.1, -0.05) is 13.8 Å². The summed E-state index contributed by atoms with van der Waals surface area (Å²) in [6.45, 7) is 4.20. The number of hydrogen-bond donors (Lipinski definition) is 0. The second-order valence-corrected chi connectivity index (χ2v) is 3.88. The molecule has 0 atom stereocenters. The summed E-state index contributed by atoms with van der Waals surface area (Å²) in [5.74, 6) is 0.169. The highest BCUT2D eigenvalue weighted by atomic mass is 19.1. The number of halogens is 1. The molecule has 14 heavy (non-hydrogen) atoms. The number of nitrogens with zero attached hydrogens (tertiary/aromatic N) is 2. The van der Waals surface area contributed by atoms with E-state index in [0.29, 0.717) is 11.4 Å². The molecule has 0 aliphatic heterocycles. The van der Waals surface area contributed by atoms with Crippen LogP contribution in [0.3, 0.4) is 0 Å². The predicted octanol–water partition coefficient (Wildman–Crippen LogP) is 2.84. The van der Waals surface area contributed by atoms with E-state index in [9.17, 15) is 4.39 Å². The molecule has 0 N–H and O–H groups in total. The first-order valence-electron chi connectivity index (χ1n) is 4.70. The number of fused-ring (bicyclic) bond motifs is 1. The molecule has 0 unspecified atom stereocenters. The van der Waals surface area contributed by atoms with Gasteiger partial charge in [0.05, 0.1) is 5.52 Å². The lowest BCUT2D eigenvalue weighted by molar-refractivity contribution is 0.631. The van der Waals surface area contributed by atoms with Crippen molar-refractivity contribution in [1.29, 1.82) is 0 Å². The van der Waals surface area contributed by atoms with Crippen LogP contribution in [0.5, 0.6) is 0 Å². The number of aryl methyl sites for hydroxylation is 1. The van der Waals surface area contributed by atoms with Gasteiger partial charge in [0.15, 0.2) is 5.82 Å². The van der Waals surface area contributed by atoms with Gasteiger partial charge in [0.25, 0.3) is 0 Å². The highest BCUT2D eigenvalue weighted by Gasteiger charge is 2.09. The van der Waals surface area contributed by atoms with E-state index in [1.165, 1.54) is 6.20 Å². The average molecular weight is 192 g/mol. The van der Waals surface area contributed by atoms with Crippen molar-refractivity contribution < 1.29 is 4.39 Å². The van der Waals surface area contributed by atoms with Gasteiger partial charge in [0, 0.05) is 19.4 Å². The highest BCUT2D eigenvalue weighted by Crippen LogP contribution is 2.21. The van der Waals surface area contributed by atoms with Gasteiger partial charge >= 0.3 is 0 Å². The van der Waals surface area contributed by atoms with Crippen molar-refractivity contribution >= 4 is 11.0 Å². The van der Waals surface area contributed by atoms with Crippen LogP contribution in [0.1, 0.15) is 25.3 Å². The molecule has 2 aromatic heterocycles. The molecule has 0 saturated heterocycles. The molecule has 0 aliphatic carbocycles. The first-order valence-corrected chi connectivity index (χ1v) is 4.70. The predicted molar refractivity (Wildman–Crippen MR) is 54.8 cm³/mol. The summed E-state index contributed by atoms with van der Waals surface area (Å²) >= 11 is 0. The zero-order chi connectivity index (χ0) is 10.3. The monoisotopic (exact) mass is 192 g/mol. The number of rotatable bonds is 1. The lowest BCUT2D eigenvalue weighted by atomic mass is 10.1. The first kappa shape index (κ1) is 9.19. The second kappa shape index (κ2) is 3.08. The Morgan fingerprint density at radius 3 is 2.79 bits per heavy atom. The van der Waals surface area contributed by atoms with E-state index in [2.05, 4.69) is 18.8 Å². The zero-order valence-corrected chi connectivity index (χ0v) is 8.58. The minimum atomic E-state index is -0.252. The summed E-state index contributed by atoms with van der Waals surface area (Å²) < 4.78 is 15.0. The van der Waals surface area contributed by atoms with Crippen LogP contribution in [0.2, 0.25) is 0 Å². The average Bonchev–Trinajstić information content (AvgIpc) is 2.42. The summed E-state index contributed by atoms with van der Waals surface area (Å²) in [4.78, 5) is 4.13. The van der Waals surface area contributed by atoms with Crippen molar-refractivity contribution in [2.75, 3.05) is 0 Å². The molecule has 2 aromatic rings. The summed E-state index contributed by atoms with van der Waals surface area (Å²) in [5, 5.41) is 0. The topological polar surface area (TPSA) is 17.8 Å². The fraction of sp³-hybridized carbons (Fsp3) is 0.364. The quantitative estimate of drug-likeness (QED) is 0.679. The Labute approximate surface area is 82.4 Å². The molecule has 74 valence electrons. The second-order valence-electron chi connectivity index (χ2n) is 3.88. The van der Waals surface area contributed by atoms with Gasteiger partial charge in [0.2, 0.25) is 0 Å². The molecule has 0 spiro atoms. The van der Waals surface area contributed by atoms with Gasteiger partial charge in [-0.15, -0.1) is 0 Å². The van der Waals surface area contributed by atoms with Crippen molar-refractivity contribution in [2.24, 2.45) is 7.05 Å². The first-order chi connectivity index (χ1) is 6.59. The molecular formula is C11H13FN2. The smallest absolute Gasteiger partial charge is 0.167 e. The van der Waals surface area contributed by atoms with Crippen LogP contribution in [0.25, 0.3) is 11.0 Å². The van der Waals surface area contributed by atoms with Gasteiger partial charge in [0.1, 0.15) is 5.52 Å². The highest BCUT2D eigenvalue weighted by molar-refractivity contribution is 5.77. The van der Waals surface area contributed by atoms with Crippen LogP contribution in [-0.2, 0) is 7.05 Å². The Balaban J connectivity index is 2.71. The molecule has 2 rings (SSSR count). The van der Waals surface area contributed by atoms with Crippen LogP contribution < -0.4 is 0 Å². The van der Waals surface area contributed by atoms with Crippen molar-refractivity contribution in [1.82, 2.24) is 9.55 Å². The largest absolute Gasteiger partial charge is 0.346 e. The Morgan fingerprint density at radius 2 is 2.14 bits per heavy atom. The van der Waals surface area contributed by atoms with Crippen molar-refractivity contribution in [2.45, 2.75) is 19.8 Å². The van der Waals surface area contributed by atoms with Gasteiger partial charge in [-0.2, -0.15) is 0 Å². The standard InChI is InChI=1S/C11H13FN2/c1-7(2)8-4-10-11(13-5-8)9(12)6-14(10)3/h4-7H,1-3H3. The van der Waals surface area contributed by atoms with E-state index in [1.807, 2.05) is 13.1 Å². The fourth-order valence-electron chi connectivity index (χ4n) is 1.54. The maximum atomic E-state index is 13.3. The number of hydrogen-bond acceptors (Lipinski definition) is 1. The van der Waals surface area contributed by atoms with Gasteiger partial charge in [-0.05, 0) is 17.5 Å². The molecule has 0 fully saturated rings. The summed E-state index contributed by atoms with van der Waals surface area (Å²) in [5.41, 5.74) is 2.45. The summed E-state index contributed by atoms with van der Waals surface area (Å²) in [6, 6.07) is 2.00. The SMILES string of the molecule is CC(C)c1cnc2c(F)cn(C)c2c1. The maximum absolute atomic E-state index is 13.3. The molecule has 3 heteroatoms. The Hall–Kier alpha value is -1.38. The van der Waals surface area contributed by atoms with Crippen LogP contribution in [0.15, 0.2) is 18.5 Å². The van der Waals surface area contributed by atoms with Crippen LogP contribution in [0.4, 0.5) is 4.39 Å². The Kier molecular flexibility index (Phi) is 2.02. The van der Waals surface area contributed by atoms with Gasteiger partial charge in [-0.3, -0.25) is 4.98 Å². The van der Waals surface area contributed by atoms with E-state index in [1.54, 1.807) is 10.8 Å².